The summed E-state index contributed by atoms with van der Waals surface area (Å²) in [6.07, 6.45) is 0.700. The lowest BCUT2D eigenvalue weighted by Gasteiger charge is -2.15. The summed E-state index contributed by atoms with van der Waals surface area (Å²) < 4.78 is 0. The molecule has 1 aromatic carbocycles. The largest absolute Gasteiger partial charge is 0.396 e. The molecule has 0 heterocycles. The first-order valence-corrected chi connectivity index (χ1v) is 4.95. The zero-order chi connectivity index (χ0) is 10.4. The predicted octanol–water partition coefficient (Wildman–Crippen LogP) is 1.27. The van der Waals surface area contributed by atoms with Gasteiger partial charge in [0.25, 0.3) is 0 Å². The minimum Gasteiger partial charge on any atom is -0.396 e. The molecule has 0 bridgehead atoms. The van der Waals surface area contributed by atoms with Crippen LogP contribution in [0.4, 0.5) is 0 Å². The second-order valence-corrected chi connectivity index (χ2v) is 3.61. The molecular weight excluding hydrogens is 200 g/mol. The summed E-state index contributed by atoms with van der Waals surface area (Å²) in [4.78, 5) is 0. The van der Waals surface area contributed by atoms with Crippen molar-refractivity contribution in [2.45, 2.75) is 12.3 Å². The lowest BCUT2D eigenvalue weighted by Crippen LogP contribution is -2.28. The molecule has 1 rings (SSSR count). The van der Waals surface area contributed by atoms with Gasteiger partial charge in [0.2, 0.25) is 0 Å². The minimum absolute atomic E-state index is 0.162. The Kier molecular flexibility index (Phi) is 4.90. The molecule has 1 aromatic rings. The normalized spacial score (nSPS) is 12.8. The van der Waals surface area contributed by atoms with E-state index >= 15 is 0 Å². The lowest BCUT2D eigenvalue weighted by molar-refractivity contribution is 0.274. The number of hydrazine groups is 1. The molecule has 0 saturated heterocycles. The molecule has 1 unspecified atom stereocenters. The number of aliphatic hydroxyl groups excluding tert-OH is 1. The van der Waals surface area contributed by atoms with E-state index in [1.165, 1.54) is 0 Å². The van der Waals surface area contributed by atoms with Crippen LogP contribution in [-0.4, -0.2) is 18.3 Å². The molecule has 78 valence electrons. The van der Waals surface area contributed by atoms with E-state index in [4.69, 9.17) is 22.6 Å². The van der Waals surface area contributed by atoms with Gasteiger partial charge in [0.15, 0.2) is 0 Å². The maximum absolute atomic E-state index is 8.88. The Balaban J connectivity index is 2.71. The third-order valence-corrected chi connectivity index (χ3v) is 2.44. The summed E-state index contributed by atoms with van der Waals surface area (Å²) in [5.41, 5.74) is 3.76. The van der Waals surface area contributed by atoms with Crippen LogP contribution >= 0.6 is 11.6 Å². The molecule has 0 aliphatic rings. The first kappa shape index (κ1) is 11.5. The Hall–Kier alpha value is -0.610. The van der Waals surface area contributed by atoms with E-state index in [9.17, 15) is 0 Å². The molecule has 4 heteroatoms. The van der Waals surface area contributed by atoms with Gasteiger partial charge in [0, 0.05) is 18.2 Å². The Morgan fingerprint density at radius 2 is 2.00 bits per heavy atom. The van der Waals surface area contributed by atoms with E-state index in [0.717, 1.165) is 10.6 Å². The highest BCUT2D eigenvalue weighted by Gasteiger charge is 2.09. The second-order valence-electron chi connectivity index (χ2n) is 3.17. The van der Waals surface area contributed by atoms with Crippen LogP contribution in [0.2, 0.25) is 5.02 Å². The quantitative estimate of drug-likeness (QED) is 0.511. The van der Waals surface area contributed by atoms with Gasteiger partial charge < -0.3 is 5.11 Å². The van der Waals surface area contributed by atoms with Crippen LogP contribution in [0, 0.1) is 0 Å². The number of nitrogens with one attached hydrogen (secondary N) is 1. The summed E-state index contributed by atoms with van der Waals surface area (Å²) in [7, 11) is 0. The van der Waals surface area contributed by atoms with Crippen LogP contribution in [0.3, 0.4) is 0 Å². The van der Waals surface area contributed by atoms with E-state index in [2.05, 4.69) is 5.43 Å². The minimum atomic E-state index is 0.162. The van der Waals surface area contributed by atoms with Crippen LogP contribution in [0.15, 0.2) is 24.3 Å². The van der Waals surface area contributed by atoms with E-state index in [0.29, 0.717) is 13.0 Å². The van der Waals surface area contributed by atoms with Crippen molar-refractivity contribution in [3.8, 4) is 0 Å². The van der Waals surface area contributed by atoms with Crippen molar-refractivity contribution < 1.29 is 5.11 Å². The van der Waals surface area contributed by atoms with Crippen LogP contribution in [0.5, 0.6) is 0 Å². The van der Waals surface area contributed by atoms with Gasteiger partial charge >= 0.3 is 0 Å². The van der Waals surface area contributed by atoms with E-state index in [1.54, 1.807) is 0 Å². The summed E-state index contributed by atoms with van der Waals surface area (Å²) in [6, 6.07) is 7.61. The average Bonchev–Trinajstić information content (AvgIpc) is 2.19. The Labute approximate surface area is 88.8 Å². The Bertz CT molecular complexity index is 257. The summed E-state index contributed by atoms with van der Waals surface area (Å²) in [6.45, 7) is 0.817. The Morgan fingerprint density at radius 1 is 1.36 bits per heavy atom. The predicted molar refractivity (Wildman–Crippen MR) is 58.1 cm³/mol. The van der Waals surface area contributed by atoms with Crippen LogP contribution in [0.25, 0.3) is 0 Å². The highest BCUT2D eigenvalue weighted by atomic mass is 35.5. The molecule has 4 N–H and O–H groups in total. The summed E-state index contributed by atoms with van der Waals surface area (Å²) >= 11 is 5.78. The number of aliphatic hydroxyl groups is 1. The number of rotatable bonds is 5. The van der Waals surface area contributed by atoms with Gasteiger partial charge in [-0.1, -0.05) is 23.7 Å². The van der Waals surface area contributed by atoms with E-state index in [-0.39, 0.29) is 12.5 Å². The lowest BCUT2D eigenvalue weighted by atomic mass is 9.96. The van der Waals surface area contributed by atoms with Crippen molar-refractivity contribution in [3.63, 3.8) is 0 Å². The summed E-state index contributed by atoms with van der Waals surface area (Å²) in [5.74, 6) is 5.51. The highest BCUT2D eigenvalue weighted by molar-refractivity contribution is 6.30. The smallest absolute Gasteiger partial charge is 0.0437 e. The summed E-state index contributed by atoms with van der Waals surface area (Å²) in [5, 5.41) is 9.60. The van der Waals surface area contributed by atoms with Crippen molar-refractivity contribution in [1.82, 2.24) is 5.43 Å². The molecule has 0 fully saturated rings. The fourth-order valence-electron chi connectivity index (χ4n) is 1.42. The molecule has 0 aliphatic heterocycles. The molecule has 3 nitrogen and oxygen atoms in total. The first-order valence-electron chi connectivity index (χ1n) is 4.57. The zero-order valence-electron chi connectivity index (χ0n) is 7.91. The number of benzene rings is 1. The van der Waals surface area contributed by atoms with Gasteiger partial charge in [0.1, 0.15) is 0 Å². The first-order chi connectivity index (χ1) is 6.77. The maximum Gasteiger partial charge on any atom is 0.0437 e. The van der Waals surface area contributed by atoms with Gasteiger partial charge in [0.05, 0.1) is 0 Å². The molecular formula is C10H15ClN2O. The monoisotopic (exact) mass is 214 g/mol. The van der Waals surface area contributed by atoms with Gasteiger partial charge in [-0.15, -0.1) is 0 Å². The highest BCUT2D eigenvalue weighted by Crippen LogP contribution is 2.20. The average molecular weight is 215 g/mol. The van der Waals surface area contributed by atoms with Crippen LogP contribution in [-0.2, 0) is 0 Å². The fraction of sp³-hybridized carbons (Fsp3) is 0.400. The van der Waals surface area contributed by atoms with E-state index in [1.807, 2.05) is 24.3 Å². The second kappa shape index (κ2) is 5.98. The molecule has 0 spiro atoms. The number of nitrogens with two attached hydrogens (primary N) is 1. The van der Waals surface area contributed by atoms with Crippen LogP contribution < -0.4 is 11.3 Å². The van der Waals surface area contributed by atoms with Crippen molar-refractivity contribution in [1.29, 1.82) is 0 Å². The molecule has 0 saturated carbocycles. The number of hydrogen-bond donors (Lipinski definition) is 3. The molecule has 1 atom stereocenters. The van der Waals surface area contributed by atoms with Crippen molar-refractivity contribution in [2.75, 3.05) is 13.2 Å². The topological polar surface area (TPSA) is 58.3 Å². The number of halogens is 1. The molecule has 0 amide bonds. The van der Waals surface area contributed by atoms with Crippen molar-refractivity contribution in [3.05, 3.63) is 34.9 Å². The van der Waals surface area contributed by atoms with Gasteiger partial charge in [-0.25, -0.2) is 0 Å². The maximum atomic E-state index is 8.88. The van der Waals surface area contributed by atoms with Crippen molar-refractivity contribution in [2.24, 2.45) is 5.84 Å². The molecule has 14 heavy (non-hydrogen) atoms. The van der Waals surface area contributed by atoms with Crippen molar-refractivity contribution >= 4 is 11.6 Å². The standard InChI is InChI=1S/C10H15ClN2O/c11-10-3-1-8(2-4-10)9(5-6-14)7-13-12/h1-4,9,13-14H,5-7,12H2. The third kappa shape index (κ3) is 3.27. The van der Waals surface area contributed by atoms with Gasteiger partial charge in [-0.3, -0.25) is 11.3 Å². The fourth-order valence-corrected chi connectivity index (χ4v) is 1.55. The molecule has 0 aromatic heterocycles. The number of hydrogen-bond acceptors (Lipinski definition) is 3. The van der Waals surface area contributed by atoms with Gasteiger partial charge in [-0.05, 0) is 30.0 Å². The molecule has 0 aliphatic carbocycles. The third-order valence-electron chi connectivity index (χ3n) is 2.18. The zero-order valence-corrected chi connectivity index (χ0v) is 8.67. The molecule has 0 radical (unpaired) electrons. The Morgan fingerprint density at radius 3 is 2.50 bits per heavy atom. The van der Waals surface area contributed by atoms with Crippen LogP contribution in [0.1, 0.15) is 17.9 Å². The van der Waals surface area contributed by atoms with E-state index < -0.39 is 0 Å². The SMILES string of the molecule is NNCC(CCO)c1ccc(Cl)cc1. The van der Waals surface area contributed by atoms with Gasteiger partial charge in [-0.2, -0.15) is 0 Å².